The maximum atomic E-state index is 12.0. The zero-order valence-electron chi connectivity index (χ0n) is 13.5. The summed E-state index contributed by atoms with van der Waals surface area (Å²) in [4.78, 5) is 17.3. The molecule has 1 aromatic carbocycles. The predicted molar refractivity (Wildman–Crippen MR) is 105 cm³/mol. The summed E-state index contributed by atoms with van der Waals surface area (Å²) in [5, 5.41) is 8.84. The van der Waals surface area contributed by atoms with Gasteiger partial charge in [-0.3, -0.25) is 4.79 Å². The molecule has 0 aliphatic rings. The molecule has 0 aliphatic heterocycles. The number of carbonyl (C=O) groups excluding carboxylic acids is 1. The standard InChI is InChI=1S/C19H18ClN3OS/c20-15-4-1-3-14(11-15)8-9-21-16-6-7-18(22-13-16)23-19(24)12-17-5-2-10-25-17/h1-7,10-11,13,21H,8-9,12H2,(H,22,23,24). The number of amides is 1. The molecule has 1 amide bonds. The average Bonchev–Trinajstić information content (AvgIpc) is 3.09. The van der Waals surface area contributed by atoms with Crippen molar-refractivity contribution in [1.29, 1.82) is 0 Å². The normalized spacial score (nSPS) is 10.4. The molecule has 2 heterocycles. The Morgan fingerprint density at radius 2 is 2.08 bits per heavy atom. The summed E-state index contributed by atoms with van der Waals surface area (Å²) in [6.07, 6.45) is 2.97. The first-order valence-electron chi connectivity index (χ1n) is 7.96. The van der Waals surface area contributed by atoms with E-state index in [-0.39, 0.29) is 5.91 Å². The molecule has 0 radical (unpaired) electrons. The molecular weight excluding hydrogens is 354 g/mol. The van der Waals surface area contributed by atoms with Gasteiger partial charge in [0.1, 0.15) is 5.82 Å². The van der Waals surface area contributed by atoms with Crippen molar-refractivity contribution >= 4 is 40.4 Å². The molecule has 3 aromatic rings. The predicted octanol–water partition coefficient (Wildman–Crippen LogP) is 4.63. The van der Waals surface area contributed by atoms with Crippen LogP contribution in [0.3, 0.4) is 0 Å². The lowest BCUT2D eigenvalue weighted by Gasteiger charge is -2.08. The Hall–Kier alpha value is -2.37. The molecule has 3 rings (SSSR count). The number of aromatic nitrogens is 1. The fourth-order valence-corrected chi connectivity index (χ4v) is 3.29. The topological polar surface area (TPSA) is 54.0 Å². The van der Waals surface area contributed by atoms with E-state index in [0.717, 1.165) is 28.6 Å². The molecule has 0 unspecified atom stereocenters. The summed E-state index contributed by atoms with van der Waals surface area (Å²) in [6.45, 7) is 0.784. The Morgan fingerprint density at radius 1 is 1.16 bits per heavy atom. The van der Waals surface area contributed by atoms with E-state index in [2.05, 4.69) is 21.7 Å². The molecule has 0 saturated heterocycles. The number of nitrogens with zero attached hydrogens (tertiary/aromatic N) is 1. The molecule has 0 bridgehead atoms. The lowest BCUT2D eigenvalue weighted by molar-refractivity contribution is -0.115. The molecule has 128 valence electrons. The minimum absolute atomic E-state index is 0.0587. The molecule has 2 aromatic heterocycles. The van der Waals surface area contributed by atoms with Crippen molar-refractivity contribution in [2.45, 2.75) is 12.8 Å². The summed E-state index contributed by atoms with van der Waals surface area (Å²) in [5.74, 6) is 0.499. The Bertz CT molecular complexity index is 819. The van der Waals surface area contributed by atoms with Gasteiger partial charge in [0.05, 0.1) is 18.3 Å². The lowest BCUT2D eigenvalue weighted by Crippen LogP contribution is -2.14. The van der Waals surface area contributed by atoms with Gasteiger partial charge in [-0.2, -0.15) is 0 Å². The zero-order chi connectivity index (χ0) is 17.5. The molecule has 0 fully saturated rings. The van der Waals surface area contributed by atoms with Crippen molar-refractivity contribution in [1.82, 2.24) is 4.98 Å². The number of benzene rings is 1. The van der Waals surface area contributed by atoms with Crippen LogP contribution in [0.25, 0.3) is 0 Å². The van der Waals surface area contributed by atoms with Crippen LogP contribution in [0.1, 0.15) is 10.4 Å². The second-order valence-electron chi connectivity index (χ2n) is 5.54. The highest BCUT2D eigenvalue weighted by molar-refractivity contribution is 7.10. The number of carbonyl (C=O) groups is 1. The second-order valence-corrected chi connectivity index (χ2v) is 7.01. The Labute approximate surface area is 155 Å². The number of anilines is 2. The first-order valence-corrected chi connectivity index (χ1v) is 9.21. The number of rotatable bonds is 7. The summed E-state index contributed by atoms with van der Waals surface area (Å²) >= 11 is 7.55. The van der Waals surface area contributed by atoms with Gasteiger partial charge >= 0.3 is 0 Å². The largest absolute Gasteiger partial charge is 0.383 e. The van der Waals surface area contributed by atoms with Crippen molar-refractivity contribution in [3.63, 3.8) is 0 Å². The molecular formula is C19H18ClN3OS. The van der Waals surface area contributed by atoms with Crippen molar-refractivity contribution in [2.24, 2.45) is 0 Å². The van der Waals surface area contributed by atoms with Gasteiger partial charge in [-0.25, -0.2) is 4.98 Å². The van der Waals surface area contributed by atoms with Crippen LogP contribution in [0.5, 0.6) is 0 Å². The van der Waals surface area contributed by atoms with E-state index >= 15 is 0 Å². The zero-order valence-corrected chi connectivity index (χ0v) is 15.1. The fraction of sp³-hybridized carbons (Fsp3) is 0.158. The molecule has 4 nitrogen and oxygen atoms in total. The molecule has 2 N–H and O–H groups in total. The van der Waals surface area contributed by atoms with Crippen LogP contribution in [0.4, 0.5) is 11.5 Å². The fourth-order valence-electron chi connectivity index (χ4n) is 2.37. The monoisotopic (exact) mass is 371 g/mol. The average molecular weight is 372 g/mol. The van der Waals surface area contributed by atoms with E-state index in [4.69, 9.17) is 11.6 Å². The van der Waals surface area contributed by atoms with E-state index in [1.165, 1.54) is 5.56 Å². The van der Waals surface area contributed by atoms with Gasteiger partial charge in [0.25, 0.3) is 0 Å². The number of nitrogens with one attached hydrogen (secondary N) is 2. The number of hydrogen-bond acceptors (Lipinski definition) is 4. The first kappa shape index (κ1) is 17.5. The first-order chi connectivity index (χ1) is 12.2. The molecule has 6 heteroatoms. The third-order valence-electron chi connectivity index (χ3n) is 3.58. The quantitative estimate of drug-likeness (QED) is 0.636. The highest BCUT2D eigenvalue weighted by Crippen LogP contribution is 2.14. The minimum Gasteiger partial charge on any atom is -0.383 e. The number of halogens is 1. The van der Waals surface area contributed by atoms with Crippen LogP contribution in [0.2, 0.25) is 5.02 Å². The number of thiophene rings is 1. The maximum absolute atomic E-state index is 12.0. The summed E-state index contributed by atoms with van der Waals surface area (Å²) < 4.78 is 0. The second kappa shape index (κ2) is 8.65. The Kier molecular flexibility index (Phi) is 6.04. The summed E-state index contributed by atoms with van der Waals surface area (Å²) in [6, 6.07) is 15.4. The molecule has 0 atom stereocenters. The van der Waals surface area contributed by atoms with Gasteiger partial charge < -0.3 is 10.6 Å². The smallest absolute Gasteiger partial charge is 0.230 e. The molecule has 0 spiro atoms. The SMILES string of the molecule is O=C(Cc1cccs1)Nc1ccc(NCCc2cccc(Cl)c2)cn1. The van der Waals surface area contributed by atoms with Crippen LogP contribution in [0, 0.1) is 0 Å². The van der Waals surface area contributed by atoms with Gasteiger partial charge in [0.2, 0.25) is 5.91 Å². The molecule has 25 heavy (non-hydrogen) atoms. The van der Waals surface area contributed by atoms with E-state index in [1.807, 2.05) is 41.8 Å². The van der Waals surface area contributed by atoms with Gasteiger partial charge in [0.15, 0.2) is 0 Å². The van der Waals surface area contributed by atoms with Crippen LogP contribution < -0.4 is 10.6 Å². The van der Waals surface area contributed by atoms with E-state index in [9.17, 15) is 4.79 Å². The van der Waals surface area contributed by atoms with Crippen LogP contribution >= 0.6 is 22.9 Å². The lowest BCUT2D eigenvalue weighted by atomic mass is 10.1. The van der Waals surface area contributed by atoms with Crippen molar-refractivity contribution < 1.29 is 4.79 Å². The van der Waals surface area contributed by atoms with Gasteiger partial charge in [0, 0.05) is 16.4 Å². The van der Waals surface area contributed by atoms with Crippen LogP contribution in [0.15, 0.2) is 60.1 Å². The van der Waals surface area contributed by atoms with Crippen LogP contribution in [-0.2, 0) is 17.6 Å². The molecule has 0 saturated carbocycles. The van der Waals surface area contributed by atoms with Crippen molar-refractivity contribution in [3.05, 3.63) is 75.6 Å². The summed E-state index contributed by atoms with van der Waals surface area (Å²) in [5.41, 5.74) is 2.10. The Balaban J connectivity index is 1.46. The highest BCUT2D eigenvalue weighted by atomic mass is 35.5. The van der Waals surface area contributed by atoms with Crippen molar-refractivity contribution in [3.8, 4) is 0 Å². The highest BCUT2D eigenvalue weighted by Gasteiger charge is 2.05. The van der Waals surface area contributed by atoms with Crippen LogP contribution in [-0.4, -0.2) is 17.4 Å². The minimum atomic E-state index is -0.0587. The van der Waals surface area contributed by atoms with Gasteiger partial charge in [-0.05, 0) is 47.7 Å². The van der Waals surface area contributed by atoms with E-state index in [0.29, 0.717) is 12.2 Å². The third-order valence-corrected chi connectivity index (χ3v) is 4.69. The Morgan fingerprint density at radius 3 is 2.80 bits per heavy atom. The van der Waals surface area contributed by atoms with E-state index < -0.39 is 0 Å². The van der Waals surface area contributed by atoms with Crippen molar-refractivity contribution in [2.75, 3.05) is 17.2 Å². The summed E-state index contributed by atoms with van der Waals surface area (Å²) in [7, 11) is 0. The maximum Gasteiger partial charge on any atom is 0.230 e. The number of pyridine rings is 1. The van der Waals surface area contributed by atoms with Gasteiger partial charge in [-0.1, -0.05) is 29.8 Å². The van der Waals surface area contributed by atoms with Gasteiger partial charge in [-0.15, -0.1) is 11.3 Å². The molecule has 0 aliphatic carbocycles. The number of hydrogen-bond donors (Lipinski definition) is 2. The third kappa shape index (κ3) is 5.59. The van der Waals surface area contributed by atoms with E-state index in [1.54, 1.807) is 23.6 Å².